The maximum atomic E-state index is 12.4. The Bertz CT molecular complexity index is 679. The molecule has 3 rings (SSSR count). The molecule has 0 aliphatic heterocycles. The molecule has 3 N–H and O–H groups in total. The Kier molecular flexibility index (Phi) is 3.65. The number of amides is 1. The number of carbonyl (C=O) groups is 1. The smallest absolute Gasteiger partial charge is 0.253 e. The number of aryl methyl sites for hydroxylation is 2. The fourth-order valence-electron chi connectivity index (χ4n) is 2.95. The summed E-state index contributed by atoms with van der Waals surface area (Å²) in [6, 6.07) is 14.2. The first-order valence-corrected chi connectivity index (χ1v) is 7.37. The van der Waals surface area contributed by atoms with Gasteiger partial charge in [0.2, 0.25) is 0 Å². The normalized spacial score (nSPS) is 17.1. The van der Waals surface area contributed by atoms with Crippen molar-refractivity contribution < 1.29 is 4.79 Å². The second kappa shape index (κ2) is 5.60. The maximum Gasteiger partial charge on any atom is 0.253 e. The zero-order valence-corrected chi connectivity index (χ0v) is 12.2. The highest BCUT2D eigenvalue weighted by atomic mass is 16.1. The van der Waals surface area contributed by atoms with E-state index in [1.807, 2.05) is 19.1 Å². The van der Waals surface area contributed by atoms with E-state index >= 15 is 0 Å². The van der Waals surface area contributed by atoms with Crippen molar-refractivity contribution in [2.75, 3.05) is 5.73 Å². The number of hydrogen-bond acceptors (Lipinski definition) is 2. The van der Waals surface area contributed by atoms with Gasteiger partial charge in [0.1, 0.15) is 0 Å². The van der Waals surface area contributed by atoms with E-state index in [1.165, 1.54) is 11.1 Å². The van der Waals surface area contributed by atoms with E-state index in [0.717, 1.165) is 24.8 Å². The summed E-state index contributed by atoms with van der Waals surface area (Å²) in [5, 5.41) is 3.13. The molecule has 0 bridgehead atoms. The van der Waals surface area contributed by atoms with E-state index in [1.54, 1.807) is 6.07 Å². The van der Waals surface area contributed by atoms with Gasteiger partial charge in [-0.25, -0.2) is 0 Å². The van der Waals surface area contributed by atoms with Crippen molar-refractivity contribution in [2.24, 2.45) is 0 Å². The number of anilines is 1. The number of nitrogens with two attached hydrogens (primary N) is 1. The Labute approximate surface area is 125 Å². The lowest BCUT2D eigenvalue weighted by atomic mass is 9.88. The topological polar surface area (TPSA) is 55.1 Å². The molecule has 0 heterocycles. The third kappa shape index (κ3) is 2.92. The van der Waals surface area contributed by atoms with E-state index < -0.39 is 0 Å². The van der Waals surface area contributed by atoms with Crippen molar-refractivity contribution in [1.82, 2.24) is 5.32 Å². The van der Waals surface area contributed by atoms with Gasteiger partial charge in [-0.05, 0) is 49.4 Å². The van der Waals surface area contributed by atoms with Crippen LogP contribution in [0.4, 0.5) is 5.69 Å². The van der Waals surface area contributed by atoms with Crippen LogP contribution in [0.2, 0.25) is 0 Å². The number of benzene rings is 2. The molecule has 1 aliphatic rings. The summed E-state index contributed by atoms with van der Waals surface area (Å²) in [5.74, 6) is -0.0689. The third-order valence-electron chi connectivity index (χ3n) is 4.14. The van der Waals surface area contributed by atoms with E-state index in [0.29, 0.717) is 11.3 Å². The van der Waals surface area contributed by atoms with Crippen LogP contribution in [0.5, 0.6) is 0 Å². The second-order valence-electron chi connectivity index (χ2n) is 5.77. The highest BCUT2D eigenvalue weighted by molar-refractivity contribution is 5.99. The molecule has 0 spiro atoms. The average molecular weight is 280 g/mol. The van der Waals surface area contributed by atoms with E-state index in [9.17, 15) is 4.79 Å². The molecule has 2 aromatic carbocycles. The molecule has 0 saturated heterocycles. The summed E-state index contributed by atoms with van der Waals surface area (Å²) in [6.07, 6.45) is 2.90. The van der Waals surface area contributed by atoms with Gasteiger partial charge in [0.05, 0.1) is 5.56 Å². The molecule has 1 unspecified atom stereocenters. The van der Waals surface area contributed by atoms with Gasteiger partial charge in [-0.2, -0.15) is 0 Å². The lowest BCUT2D eigenvalue weighted by Crippen LogP contribution is -2.39. The highest BCUT2D eigenvalue weighted by Gasteiger charge is 2.21. The highest BCUT2D eigenvalue weighted by Crippen LogP contribution is 2.22. The van der Waals surface area contributed by atoms with Crippen LogP contribution in [0, 0.1) is 6.92 Å². The Hall–Kier alpha value is -2.29. The SMILES string of the molecule is Cc1ccc(N)c(C(=O)NC2CCc3ccccc3C2)c1. The van der Waals surface area contributed by atoms with E-state index in [-0.39, 0.29) is 11.9 Å². The van der Waals surface area contributed by atoms with Crippen LogP contribution < -0.4 is 11.1 Å². The Morgan fingerprint density at radius 2 is 1.95 bits per heavy atom. The van der Waals surface area contributed by atoms with Crippen molar-refractivity contribution >= 4 is 11.6 Å². The van der Waals surface area contributed by atoms with Gasteiger partial charge in [0, 0.05) is 11.7 Å². The number of rotatable bonds is 2. The molecule has 3 nitrogen and oxygen atoms in total. The molecule has 1 amide bonds. The lowest BCUT2D eigenvalue weighted by molar-refractivity contribution is 0.0934. The van der Waals surface area contributed by atoms with Gasteiger partial charge in [0.15, 0.2) is 0 Å². The zero-order chi connectivity index (χ0) is 14.8. The zero-order valence-electron chi connectivity index (χ0n) is 12.2. The first-order chi connectivity index (χ1) is 10.1. The Morgan fingerprint density at radius 3 is 2.76 bits per heavy atom. The molecule has 0 radical (unpaired) electrons. The third-order valence-corrected chi connectivity index (χ3v) is 4.14. The summed E-state index contributed by atoms with van der Waals surface area (Å²) in [6.45, 7) is 1.97. The summed E-state index contributed by atoms with van der Waals surface area (Å²) in [5.41, 5.74) is 10.8. The van der Waals surface area contributed by atoms with Crippen LogP contribution in [0.3, 0.4) is 0 Å². The summed E-state index contributed by atoms with van der Waals surface area (Å²) in [7, 11) is 0. The predicted octanol–water partition coefficient (Wildman–Crippen LogP) is 2.86. The molecule has 0 saturated carbocycles. The molecular formula is C18H20N2O. The van der Waals surface area contributed by atoms with Gasteiger partial charge in [-0.15, -0.1) is 0 Å². The first-order valence-electron chi connectivity index (χ1n) is 7.37. The standard InChI is InChI=1S/C18H20N2O/c1-12-6-9-17(19)16(10-12)18(21)20-15-8-7-13-4-2-3-5-14(13)11-15/h2-6,9-10,15H,7-8,11,19H2,1H3,(H,20,21). The number of nitrogen functional groups attached to an aromatic ring is 1. The minimum Gasteiger partial charge on any atom is -0.398 e. The molecule has 3 heteroatoms. The van der Waals surface area contributed by atoms with Gasteiger partial charge in [-0.3, -0.25) is 4.79 Å². The van der Waals surface area contributed by atoms with Crippen molar-refractivity contribution in [3.05, 3.63) is 64.7 Å². The molecule has 2 aromatic rings. The molecular weight excluding hydrogens is 260 g/mol. The fourth-order valence-corrected chi connectivity index (χ4v) is 2.95. The average Bonchev–Trinajstić information content (AvgIpc) is 2.49. The Balaban J connectivity index is 1.73. The predicted molar refractivity (Wildman–Crippen MR) is 85.3 cm³/mol. The monoisotopic (exact) mass is 280 g/mol. The molecule has 1 aliphatic carbocycles. The van der Waals surface area contributed by atoms with E-state index in [2.05, 4.69) is 29.6 Å². The molecule has 0 fully saturated rings. The minimum atomic E-state index is -0.0689. The maximum absolute atomic E-state index is 12.4. The van der Waals surface area contributed by atoms with Crippen LogP contribution in [0.25, 0.3) is 0 Å². The van der Waals surface area contributed by atoms with Gasteiger partial charge in [-0.1, -0.05) is 35.9 Å². The summed E-state index contributed by atoms with van der Waals surface area (Å²) >= 11 is 0. The quantitative estimate of drug-likeness (QED) is 0.831. The Morgan fingerprint density at radius 1 is 1.19 bits per heavy atom. The van der Waals surface area contributed by atoms with Gasteiger partial charge in [0.25, 0.3) is 5.91 Å². The van der Waals surface area contributed by atoms with E-state index in [4.69, 9.17) is 5.73 Å². The van der Waals surface area contributed by atoms with Crippen LogP contribution >= 0.6 is 0 Å². The van der Waals surface area contributed by atoms with Crippen LogP contribution in [0.15, 0.2) is 42.5 Å². The van der Waals surface area contributed by atoms with Crippen LogP contribution in [0.1, 0.15) is 33.5 Å². The molecule has 1 atom stereocenters. The van der Waals surface area contributed by atoms with Crippen LogP contribution in [-0.2, 0) is 12.8 Å². The van der Waals surface area contributed by atoms with Crippen molar-refractivity contribution in [2.45, 2.75) is 32.2 Å². The number of hydrogen-bond donors (Lipinski definition) is 2. The molecule has 21 heavy (non-hydrogen) atoms. The second-order valence-corrected chi connectivity index (χ2v) is 5.77. The number of fused-ring (bicyclic) bond motifs is 1. The lowest BCUT2D eigenvalue weighted by Gasteiger charge is -2.25. The van der Waals surface area contributed by atoms with Crippen molar-refractivity contribution in [1.29, 1.82) is 0 Å². The van der Waals surface area contributed by atoms with Crippen molar-refractivity contribution in [3.63, 3.8) is 0 Å². The molecule has 108 valence electrons. The number of carbonyl (C=O) groups excluding carboxylic acids is 1. The van der Waals surface area contributed by atoms with Crippen LogP contribution in [-0.4, -0.2) is 11.9 Å². The summed E-state index contributed by atoms with van der Waals surface area (Å²) in [4.78, 5) is 12.4. The summed E-state index contributed by atoms with van der Waals surface area (Å²) < 4.78 is 0. The van der Waals surface area contributed by atoms with Gasteiger partial charge >= 0.3 is 0 Å². The van der Waals surface area contributed by atoms with Gasteiger partial charge < -0.3 is 11.1 Å². The number of nitrogens with one attached hydrogen (secondary N) is 1. The first kappa shape index (κ1) is 13.7. The fraction of sp³-hybridized carbons (Fsp3) is 0.278. The molecule has 0 aromatic heterocycles. The van der Waals surface area contributed by atoms with Crippen molar-refractivity contribution in [3.8, 4) is 0 Å². The minimum absolute atomic E-state index is 0.0689. The largest absolute Gasteiger partial charge is 0.398 e.